The molecule has 4 nitrogen and oxygen atoms in total. The van der Waals surface area contributed by atoms with Crippen LogP contribution in [0.25, 0.3) is 0 Å². The predicted octanol–water partition coefficient (Wildman–Crippen LogP) is 2.22. The van der Waals surface area contributed by atoms with E-state index in [1.165, 1.54) is 0 Å². The molecule has 2 fully saturated rings. The number of likely N-dealkylation sites (tertiary alicyclic amines) is 1. The first kappa shape index (κ1) is 14.4. The highest BCUT2D eigenvalue weighted by atomic mass is 16.5. The highest BCUT2D eigenvalue weighted by molar-refractivity contribution is 5.81. The van der Waals surface area contributed by atoms with Gasteiger partial charge < -0.3 is 9.64 Å². The summed E-state index contributed by atoms with van der Waals surface area (Å²) in [5, 5.41) is 0. The van der Waals surface area contributed by atoms with Crippen LogP contribution < -0.4 is 0 Å². The van der Waals surface area contributed by atoms with Gasteiger partial charge in [-0.1, -0.05) is 13.8 Å². The molecule has 0 aromatic heterocycles. The molecule has 4 heteroatoms. The number of carbonyl (C=O) groups is 2. The number of ether oxygens (including phenoxy) is 1. The lowest BCUT2D eigenvalue weighted by atomic mass is 9.96. The minimum absolute atomic E-state index is 0.00425. The summed E-state index contributed by atoms with van der Waals surface area (Å²) >= 11 is 0. The molecular formula is C15H25NO3. The molecule has 0 bridgehead atoms. The van der Waals surface area contributed by atoms with Gasteiger partial charge in [-0.3, -0.25) is 9.59 Å². The van der Waals surface area contributed by atoms with Crippen LogP contribution in [0.1, 0.15) is 46.0 Å². The molecule has 19 heavy (non-hydrogen) atoms. The molecule has 0 atom stereocenters. The monoisotopic (exact) mass is 267 g/mol. The van der Waals surface area contributed by atoms with Gasteiger partial charge >= 0.3 is 5.97 Å². The Bertz CT molecular complexity index is 328. The average molecular weight is 267 g/mol. The van der Waals surface area contributed by atoms with E-state index in [1.54, 1.807) is 0 Å². The smallest absolute Gasteiger partial charge is 0.309 e. The van der Waals surface area contributed by atoms with E-state index in [-0.39, 0.29) is 17.8 Å². The second-order valence-corrected chi connectivity index (χ2v) is 6.22. The van der Waals surface area contributed by atoms with Crippen LogP contribution in [0, 0.1) is 17.8 Å². The van der Waals surface area contributed by atoms with Crippen LogP contribution in [0.4, 0.5) is 0 Å². The van der Waals surface area contributed by atoms with E-state index < -0.39 is 0 Å². The Kier molecular flexibility index (Phi) is 4.83. The maximum Gasteiger partial charge on any atom is 0.309 e. The number of hydrogen-bond donors (Lipinski definition) is 0. The predicted molar refractivity (Wildman–Crippen MR) is 72.4 cm³/mol. The van der Waals surface area contributed by atoms with Crippen molar-refractivity contribution in [3.05, 3.63) is 0 Å². The molecule has 0 N–H and O–H groups in total. The van der Waals surface area contributed by atoms with Crippen LogP contribution in [0.2, 0.25) is 0 Å². The topological polar surface area (TPSA) is 46.6 Å². The Morgan fingerprint density at radius 2 is 1.74 bits per heavy atom. The standard InChI is InChI=1S/C15H25NO3/c1-11(2)7-10-19-15(18)13-5-8-16(9-6-13)14(17)12-3-4-12/h11-13H,3-10H2,1-2H3. The summed E-state index contributed by atoms with van der Waals surface area (Å²) in [7, 11) is 0. The van der Waals surface area contributed by atoms with Gasteiger partial charge in [-0.05, 0) is 38.0 Å². The van der Waals surface area contributed by atoms with Crippen molar-refractivity contribution < 1.29 is 14.3 Å². The largest absolute Gasteiger partial charge is 0.465 e. The molecule has 0 aromatic rings. The summed E-state index contributed by atoms with van der Waals surface area (Å²) in [5.41, 5.74) is 0. The molecule has 1 aliphatic heterocycles. The molecule has 1 amide bonds. The summed E-state index contributed by atoms with van der Waals surface area (Å²) in [5.74, 6) is 1.07. The second kappa shape index (κ2) is 6.40. The fourth-order valence-electron chi connectivity index (χ4n) is 2.44. The van der Waals surface area contributed by atoms with Crippen LogP contribution in [0.3, 0.4) is 0 Å². The number of amides is 1. The van der Waals surface area contributed by atoms with Gasteiger partial charge in [0, 0.05) is 19.0 Å². The second-order valence-electron chi connectivity index (χ2n) is 6.22. The van der Waals surface area contributed by atoms with E-state index in [9.17, 15) is 9.59 Å². The van der Waals surface area contributed by atoms with Gasteiger partial charge in [0.1, 0.15) is 0 Å². The number of rotatable bonds is 5. The van der Waals surface area contributed by atoms with Crippen LogP contribution in [-0.2, 0) is 14.3 Å². The lowest BCUT2D eigenvalue weighted by Crippen LogP contribution is -2.41. The van der Waals surface area contributed by atoms with E-state index in [1.807, 2.05) is 4.90 Å². The normalized spacial score (nSPS) is 20.7. The van der Waals surface area contributed by atoms with Gasteiger partial charge in [-0.15, -0.1) is 0 Å². The molecule has 108 valence electrons. The third-order valence-corrected chi connectivity index (χ3v) is 4.01. The summed E-state index contributed by atoms with van der Waals surface area (Å²) < 4.78 is 5.31. The van der Waals surface area contributed by atoms with Crippen LogP contribution in [0.15, 0.2) is 0 Å². The lowest BCUT2D eigenvalue weighted by Gasteiger charge is -2.31. The van der Waals surface area contributed by atoms with Gasteiger partial charge in [0.25, 0.3) is 0 Å². The van der Waals surface area contributed by atoms with E-state index in [2.05, 4.69) is 13.8 Å². The van der Waals surface area contributed by atoms with Crippen molar-refractivity contribution in [2.45, 2.75) is 46.0 Å². The van der Waals surface area contributed by atoms with Gasteiger partial charge in [0.15, 0.2) is 0 Å². The Morgan fingerprint density at radius 3 is 2.26 bits per heavy atom. The first-order valence-electron chi connectivity index (χ1n) is 7.53. The van der Waals surface area contributed by atoms with Crippen molar-refractivity contribution in [3.63, 3.8) is 0 Å². The Balaban J connectivity index is 1.67. The maximum atomic E-state index is 11.9. The van der Waals surface area contributed by atoms with E-state index in [0.29, 0.717) is 18.4 Å². The Labute approximate surface area is 115 Å². The number of esters is 1. The summed E-state index contributed by atoms with van der Waals surface area (Å²) in [6.45, 7) is 6.21. The minimum atomic E-state index is -0.0702. The molecule has 1 saturated heterocycles. The van der Waals surface area contributed by atoms with Crippen molar-refractivity contribution in [1.82, 2.24) is 4.90 Å². The molecule has 1 heterocycles. The minimum Gasteiger partial charge on any atom is -0.465 e. The van der Waals surface area contributed by atoms with E-state index >= 15 is 0 Å². The molecular weight excluding hydrogens is 242 g/mol. The molecule has 0 spiro atoms. The zero-order valence-electron chi connectivity index (χ0n) is 12.1. The van der Waals surface area contributed by atoms with Crippen LogP contribution in [0.5, 0.6) is 0 Å². The first-order valence-corrected chi connectivity index (χ1v) is 7.53. The molecule has 0 unspecified atom stereocenters. The van der Waals surface area contributed by atoms with E-state index in [4.69, 9.17) is 4.74 Å². The van der Waals surface area contributed by atoms with Crippen molar-refractivity contribution >= 4 is 11.9 Å². The average Bonchev–Trinajstić information content (AvgIpc) is 3.22. The van der Waals surface area contributed by atoms with Crippen molar-refractivity contribution in [2.75, 3.05) is 19.7 Å². The maximum absolute atomic E-state index is 11.9. The molecule has 0 aromatic carbocycles. The summed E-state index contributed by atoms with van der Waals surface area (Å²) in [6, 6.07) is 0. The van der Waals surface area contributed by atoms with Gasteiger partial charge in [0.2, 0.25) is 5.91 Å². The lowest BCUT2D eigenvalue weighted by molar-refractivity contribution is -0.152. The Hall–Kier alpha value is -1.06. The highest BCUT2D eigenvalue weighted by Crippen LogP contribution is 2.32. The van der Waals surface area contributed by atoms with Crippen LogP contribution in [-0.4, -0.2) is 36.5 Å². The summed E-state index contributed by atoms with van der Waals surface area (Å²) in [6.07, 6.45) is 4.55. The van der Waals surface area contributed by atoms with Gasteiger partial charge in [-0.2, -0.15) is 0 Å². The molecule has 1 aliphatic carbocycles. The van der Waals surface area contributed by atoms with Gasteiger partial charge in [0.05, 0.1) is 12.5 Å². The third-order valence-electron chi connectivity index (χ3n) is 4.01. The zero-order chi connectivity index (χ0) is 13.8. The van der Waals surface area contributed by atoms with Crippen molar-refractivity contribution in [1.29, 1.82) is 0 Å². The highest BCUT2D eigenvalue weighted by Gasteiger charge is 2.36. The molecule has 2 rings (SSSR count). The van der Waals surface area contributed by atoms with Crippen molar-refractivity contribution in [2.24, 2.45) is 17.8 Å². The number of nitrogens with zero attached hydrogens (tertiary/aromatic N) is 1. The first-order chi connectivity index (χ1) is 9.08. The molecule has 1 saturated carbocycles. The molecule has 0 radical (unpaired) electrons. The summed E-state index contributed by atoms with van der Waals surface area (Å²) in [4.78, 5) is 25.7. The SMILES string of the molecule is CC(C)CCOC(=O)C1CCN(C(=O)C2CC2)CC1. The fourth-order valence-corrected chi connectivity index (χ4v) is 2.44. The van der Waals surface area contributed by atoms with Crippen molar-refractivity contribution in [3.8, 4) is 0 Å². The molecule has 2 aliphatic rings. The zero-order valence-corrected chi connectivity index (χ0v) is 12.1. The number of carbonyl (C=O) groups excluding carboxylic acids is 2. The fraction of sp³-hybridized carbons (Fsp3) is 0.867. The Morgan fingerprint density at radius 1 is 1.11 bits per heavy atom. The quantitative estimate of drug-likeness (QED) is 0.718. The number of piperidine rings is 1. The third kappa shape index (κ3) is 4.22. The van der Waals surface area contributed by atoms with Crippen LogP contribution >= 0.6 is 0 Å². The number of hydrogen-bond acceptors (Lipinski definition) is 3. The van der Waals surface area contributed by atoms with E-state index in [0.717, 1.165) is 45.2 Å². The van der Waals surface area contributed by atoms with Gasteiger partial charge in [-0.25, -0.2) is 0 Å².